The zero-order valence-electron chi connectivity index (χ0n) is 24.0. The van der Waals surface area contributed by atoms with Crippen LogP contribution in [0.3, 0.4) is 0 Å². The summed E-state index contributed by atoms with van der Waals surface area (Å²) in [6.07, 6.45) is 5.14. The van der Waals surface area contributed by atoms with E-state index in [-0.39, 0.29) is 41.7 Å². The van der Waals surface area contributed by atoms with Crippen LogP contribution in [-0.4, -0.2) is 64.7 Å². The van der Waals surface area contributed by atoms with Crippen LogP contribution < -0.4 is 10.9 Å². The molecule has 1 aromatic heterocycles. The number of ketones is 1. The Morgan fingerprint density at radius 3 is 2.25 bits per heavy atom. The highest BCUT2D eigenvalue weighted by atomic mass is 16.2. The van der Waals surface area contributed by atoms with E-state index in [9.17, 15) is 19.2 Å². The molecule has 2 aromatic rings. The van der Waals surface area contributed by atoms with Gasteiger partial charge in [0, 0.05) is 50.4 Å². The SMILES string of the molecule is CC(=O)Cn1c(C)c(C(=O)N2CC3CN(CC[C@H](NC(=O)C4CCCC4)c4ccccc4)CC3C2)c(C)cc1=O. The number of rotatable bonds is 9. The summed E-state index contributed by atoms with van der Waals surface area (Å²) in [5.74, 6) is 1.00. The molecule has 1 saturated carbocycles. The van der Waals surface area contributed by atoms with E-state index in [0.29, 0.717) is 41.7 Å². The lowest BCUT2D eigenvalue weighted by Gasteiger charge is -2.26. The summed E-state index contributed by atoms with van der Waals surface area (Å²) in [6, 6.07) is 11.8. The summed E-state index contributed by atoms with van der Waals surface area (Å²) in [7, 11) is 0. The van der Waals surface area contributed by atoms with E-state index in [1.807, 2.05) is 23.1 Å². The molecule has 3 aliphatic rings. The number of Topliss-reactive ketones (excluding diaryl/α,β-unsaturated/α-hetero) is 1. The van der Waals surface area contributed by atoms with Crippen molar-refractivity contribution in [1.29, 1.82) is 0 Å². The van der Waals surface area contributed by atoms with Crippen LogP contribution in [0.25, 0.3) is 0 Å². The second-order valence-electron chi connectivity index (χ2n) is 12.1. The molecule has 5 rings (SSSR count). The number of nitrogens with zero attached hydrogens (tertiary/aromatic N) is 3. The van der Waals surface area contributed by atoms with Gasteiger partial charge in [0.15, 0.2) is 0 Å². The largest absolute Gasteiger partial charge is 0.349 e. The minimum absolute atomic E-state index is 0.00412. The molecule has 40 heavy (non-hydrogen) atoms. The molecule has 2 amide bonds. The Morgan fingerprint density at radius 2 is 1.62 bits per heavy atom. The Labute approximate surface area is 236 Å². The number of fused-ring (bicyclic) bond motifs is 1. The molecule has 0 radical (unpaired) electrons. The van der Waals surface area contributed by atoms with Crippen molar-refractivity contribution in [3.8, 4) is 0 Å². The van der Waals surface area contributed by atoms with Gasteiger partial charge in [0.25, 0.3) is 11.5 Å². The van der Waals surface area contributed by atoms with Crippen molar-refractivity contribution in [2.75, 3.05) is 32.7 Å². The molecule has 1 aromatic carbocycles. The lowest BCUT2D eigenvalue weighted by atomic mass is 10.0. The summed E-state index contributed by atoms with van der Waals surface area (Å²) < 4.78 is 1.41. The maximum Gasteiger partial charge on any atom is 0.255 e. The average Bonchev–Trinajstić information content (AvgIpc) is 3.66. The van der Waals surface area contributed by atoms with Gasteiger partial charge in [-0.15, -0.1) is 0 Å². The molecule has 2 saturated heterocycles. The molecule has 2 aliphatic heterocycles. The number of pyridine rings is 1. The van der Waals surface area contributed by atoms with E-state index < -0.39 is 0 Å². The van der Waals surface area contributed by atoms with Crippen LogP contribution in [0.4, 0.5) is 0 Å². The second kappa shape index (κ2) is 12.1. The normalized spacial score (nSPS) is 21.9. The number of hydrogen-bond donors (Lipinski definition) is 1. The lowest BCUT2D eigenvalue weighted by Crippen LogP contribution is -2.37. The molecule has 8 heteroatoms. The minimum atomic E-state index is -0.246. The van der Waals surface area contributed by atoms with Gasteiger partial charge in [-0.2, -0.15) is 0 Å². The quantitative estimate of drug-likeness (QED) is 0.520. The number of benzene rings is 1. The number of carbonyl (C=O) groups excluding carboxylic acids is 3. The number of likely N-dealkylation sites (tertiary alicyclic amines) is 2. The summed E-state index contributed by atoms with van der Waals surface area (Å²) >= 11 is 0. The van der Waals surface area contributed by atoms with Crippen molar-refractivity contribution >= 4 is 17.6 Å². The zero-order valence-corrected chi connectivity index (χ0v) is 24.0. The third kappa shape index (κ3) is 6.07. The molecule has 3 atom stereocenters. The number of carbonyl (C=O) groups is 3. The fourth-order valence-corrected chi connectivity index (χ4v) is 7.06. The van der Waals surface area contributed by atoms with E-state index >= 15 is 0 Å². The summed E-state index contributed by atoms with van der Waals surface area (Å²) in [4.78, 5) is 55.1. The standard InChI is InChI=1S/C32H42N4O4/c1-21-15-29(38)36(16-22(2)37)23(3)30(21)32(40)35-19-26-17-34(18-27(26)20-35)14-13-28(24-9-5-4-6-10-24)33-31(39)25-11-7-8-12-25/h4-6,9-10,15,25-28H,7-8,11-14,16-20H2,1-3H3,(H,33,39)/t26?,27?,28-/m0/s1. The van der Waals surface area contributed by atoms with Crippen LogP contribution >= 0.6 is 0 Å². The van der Waals surface area contributed by atoms with Crippen molar-refractivity contribution in [3.05, 3.63) is 69.1 Å². The molecule has 0 spiro atoms. The molecule has 1 N–H and O–H groups in total. The van der Waals surface area contributed by atoms with Crippen molar-refractivity contribution in [1.82, 2.24) is 19.7 Å². The molecular weight excluding hydrogens is 504 g/mol. The molecule has 1 aliphatic carbocycles. The first-order chi connectivity index (χ1) is 19.2. The highest BCUT2D eigenvalue weighted by Crippen LogP contribution is 2.33. The number of amides is 2. The number of hydrogen-bond acceptors (Lipinski definition) is 5. The molecule has 214 valence electrons. The number of nitrogens with one attached hydrogen (secondary N) is 1. The molecule has 8 nitrogen and oxygen atoms in total. The fourth-order valence-electron chi connectivity index (χ4n) is 7.06. The minimum Gasteiger partial charge on any atom is -0.349 e. The van der Waals surface area contributed by atoms with Gasteiger partial charge >= 0.3 is 0 Å². The van der Waals surface area contributed by atoms with Crippen LogP contribution in [0.5, 0.6) is 0 Å². The highest BCUT2D eigenvalue weighted by molar-refractivity contribution is 5.97. The van der Waals surface area contributed by atoms with E-state index in [1.54, 1.807) is 13.8 Å². The summed E-state index contributed by atoms with van der Waals surface area (Å²) in [6.45, 7) is 9.17. The molecular formula is C32H42N4O4. The zero-order chi connectivity index (χ0) is 28.4. The molecule has 2 unspecified atom stereocenters. The maximum absolute atomic E-state index is 13.6. The van der Waals surface area contributed by atoms with Crippen LogP contribution in [-0.2, 0) is 16.1 Å². The molecule has 0 bridgehead atoms. The van der Waals surface area contributed by atoms with E-state index in [0.717, 1.165) is 57.3 Å². The Hall–Kier alpha value is -3.26. The topological polar surface area (TPSA) is 91.7 Å². The van der Waals surface area contributed by atoms with Crippen molar-refractivity contribution < 1.29 is 14.4 Å². The number of aromatic nitrogens is 1. The monoisotopic (exact) mass is 546 g/mol. The van der Waals surface area contributed by atoms with Crippen molar-refractivity contribution in [3.63, 3.8) is 0 Å². The van der Waals surface area contributed by atoms with Crippen LogP contribution in [0.15, 0.2) is 41.2 Å². The van der Waals surface area contributed by atoms with Gasteiger partial charge in [-0.3, -0.25) is 19.2 Å². The van der Waals surface area contributed by atoms with Crippen LogP contribution in [0.2, 0.25) is 0 Å². The predicted octanol–water partition coefficient (Wildman–Crippen LogP) is 3.50. The van der Waals surface area contributed by atoms with E-state index in [2.05, 4.69) is 22.3 Å². The Kier molecular flexibility index (Phi) is 8.54. The first kappa shape index (κ1) is 28.3. The van der Waals surface area contributed by atoms with Gasteiger partial charge in [0.1, 0.15) is 5.78 Å². The van der Waals surface area contributed by atoms with E-state index in [4.69, 9.17) is 0 Å². The first-order valence-corrected chi connectivity index (χ1v) is 14.8. The van der Waals surface area contributed by atoms with Gasteiger partial charge in [-0.05, 0) is 63.0 Å². The van der Waals surface area contributed by atoms with Gasteiger partial charge in [-0.1, -0.05) is 43.2 Å². The van der Waals surface area contributed by atoms with Crippen molar-refractivity contribution in [2.24, 2.45) is 17.8 Å². The third-order valence-electron chi connectivity index (χ3n) is 9.19. The van der Waals surface area contributed by atoms with Gasteiger partial charge in [0.05, 0.1) is 18.2 Å². The summed E-state index contributed by atoms with van der Waals surface area (Å²) in [5.41, 5.74) is 2.68. The Bertz CT molecular complexity index is 1300. The fraction of sp³-hybridized carbons (Fsp3) is 0.562. The van der Waals surface area contributed by atoms with Gasteiger partial charge < -0.3 is 19.7 Å². The maximum atomic E-state index is 13.6. The Morgan fingerprint density at radius 1 is 0.975 bits per heavy atom. The average molecular weight is 547 g/mol. The smallest absolute Gasteiger partial charge is 0.255 e. The summed E-state index contributed by atoms with van der Waals surface area (Å²) in [5, 5.41) is 3.36. The van der Waals surface area contributed by atoms with Gasteiger partial charge in [0.2, 0.25) is 5.91 Å². The lowest BCUT2D eigenvalue weighted by molar-refractivity contribution is -0.125. The molecule has 3 heterocycles. The van der Waals surface area contributed by atoms with Crippen LogP contribution in [0, 0.1) is 31.6 Å². The van der Waals surface area contributed by atoms with Crippen molar-refractivity contribution in [2.45, 2.75) is 65.5 Å². The molecule has 3 fully saturated rings. The highest BCUT2D eigenvalue weighted by Gasteiger charge is 2.42. The van der Waals surface area contributed by atoms with Gasteiger partial charge in [-0.25, -0.2) is 0 Å². The third-order valence-corrected chi connectivity index (χ3v) is 9.19. The van der Waals surface area contributed by atoms with Crippen LogP contribution in [0.1, 0.15) is 72.2 Å². The Balaban J connectivity index is 1.20. The predicted molar refractivity (Wildman–Crippen MR) is 154 cm³/mol. The first-order valence-electron chi connectivity index (χ1n) is 14.8. The second-order valence-corrected chi connectivity index (χ2v) is 12.1. The number of aryl methyl sites for hydroxylation is 1. The van der Waals surface area contributed by atoms with E-state index in [1.165, 1.54) is 17.6 Å².